The van der Waals surface area contributed by atoms with Crippen molar-refractivity contribution in [1.82, 2.24) is 9.80 Å². The number of benzene rings is 2. The Morgan fingerprint density at radius 1 is 1.26 bits per heavy atom. The number of piperazine rings is 1. The van der Waals surface area contributed by atoms with E-state index >= 15 is 0 Å². The molecule has 1 saturated heterocycles. The van der Waals surface area contributed by atoms with Crippen molar-refractivity contribution < 1.29 is 14.6 Å². The van der Waals surface area contributed by atoms with Gasteiger partial charge in [-0.05, 0) is 37.4 Å². The van der Waals surface area contributed by atoms with Gasteiger partial charge in [0.05, 0.1) is 12.0 Å². The van der Waals surface area contributed by atoms with Gasteiger partial charge in [0.15, 0.2) is 5.75 Å². The van der Waals surface area contributed by atoms with Crippen molar-refractivity contribution in [2.75, 3.05) is 26.7 Å². The molecule has 0 spiro atoms. The molecular weight excluding hydrogens is 366 g/mol. The summed E-state index contributed by atoms with van der Waals surface area (Å²) in [5, 5.41) is 9.82. The molecule has 2 aromatic carbocycles. The van der Waals surface area contributed by atoms with Gasteiger partial charge in [-0.2, -0.15) is 0 Å². The molecule has 2 heterocycles. The van der Waals surface area contributed by atoms with E-state index in [1.54, 1.807) is 12.1 Å². The highest BCUT2D eigenvalue weighted by atomic mass is 35.5. The minimum absolute atomic E-state index is 0.0749. The number of rotatable bonds is 2. The molecular formula is C20H20ClN3O3. The van der Waals surface area contributed by atoms with Crippen LogP contribution in [0.5, 0.6) is 11.5 Å². The van der Waals surface area contributed by atoms with Gasteiger partial charge in [0.1, 0.15) is 17.3 Å². The maximum Gasteiger partial charge on any atom is 0.305 e. The molecule has 0 saturated carbocycles. The van der Waals surface area contributed by atoms with Gasteiger partial charge in [0.25, 0.3) is 0 Å². The van der Waals surface area contributed by atoms with Gasteiger partial charge in [-0.3, -0.25) is 9.69 Å². The molecule has 1 unspecified atom stereocenters. The molecule has 6 nitrogen and oxygen atoms in total. The van der Waals surface area contributed by atoms with E-state index in [9.17, 15) is 9.90 Å². The van der Waals surface area contributed by atoms with Crippen LogP contribution in [0.1, 0.15) is 12.0 Å². The second kappa shape index (κ2) is 7.21. The Morgan fingerprint density at radius 2 is 2.07 bits per heavy atom. The standard InChI is InChI=1S/C20H20ClN3O3/c1-23-8-9-24(12-14(23)11-19(25)26)20-15-4-2-3-5-17(15)27-18-7-6-13(21)10-16(18)22-20/h2-7,10,14H,8-9,11-12H2,1H3,(H,25,26). The number of carbonyl (C=O) groups is 1. The molecule has 2 aliphatic rings. The lowest BCUT2D eigenvalue weighted by atomic mass is 10.1. The van der Waals surface area contributed by atoms with Crippen molar-refractivity contribution >= 4 is 29.1 Å². The summed E-state index contributed by atoms with van der Waals surface area (Å²) in [4.78, 5) is 20.3. The van der Waals surface area contributed by atoms with Crippen molar-refractivity contribution in [3.05, 3.63) is 53.1 Å². The number of hydrogen-bond donors (Lipinski definition) is 1. The minimum Gasteiger partial charge on any atom is -0.481 e. The van der Waals surface area contributed by atoms with Crippen LogP contribution in [0.25, 0.3) is 0 Å². The molecule has 4 rings (SSSR count). The largest absolute Gasteiger partial charge is 0.481 e. The molecule has 27 heavy (non-hydrogen) atoms. The Hall–Kier alpha value is -2.57. The normalized spacial score (nSPS) is 19.4. The van der Waals surface area contributed by atoms with E-state index in [0.717, 1.165) is 30.2 Å². The van der Waals surface area contributed by atoms with Crippen molar-refractivity contribution in [2.24, 2.45) is 4.99 Å². The van der Waals surface area contributed by atoms with E-state index in [-0.39, 0.29) is 12.5 Å². The Kier molecular flexibility index (Phi) is 4.76. The lowest BCUT2D eigenvalue weighted by Gasteiger charge is -2.40. The molecule has 1 atom stereocenters. The van der Waals surface area contributed by atoms with Crippen LogP contribution in [0, 0.1) is 0 Å². The zero-order chi connectivity index (χ0) is 19.0. The molecule has 7 heteroatoms. The molecule has 0 aliphatic carbocycles. The molecule has 2 aromatic rings. The number of aliphatic carboxylic acids is 1. The van der Waals surface area contributed by atoms with Crippen LogP contribution < -0.4 is 4.74 Å². The summed E-state index contributed by atoms with van der Waals surface area (Å²) in [5.41, 5.74) is 1.56. The number of hydrogen-bond acceptors (Lipinski definition) is 5. The molecule has 2 aliphatic heterocycles. The van der Waals surface area contributed by atoms with Crippen LogP contribution in [0.15, 0.2) is 47.5 Å². The van der Waals surface area contributed by atoms with Crippen molar-refractivity contribution in [2.45, 2.75) is 12.5 Å². The first-order chi connectivity index (χ1) is 13.0. The highest BCUT2D eigenvalue weighted by molar-refractivity contribution is 6.31. The monoisotopic (exact) mass is 385 g/mol. The highest BCUT2D eigenvalue weighted by Gasteiger charge is 2.30. The van der Waals surface area contributed by atoms with Crippen LogP contribution in [0.3, 0.4) is 0 Å². The van der Waals surface area contributed by atoms with Gasteiger partial charge >= 0.3 is 5.97 Å². The van der Waals surface area contributed by atoms with E-state index in [4.69, 9.17) is 21.3 Å². The molecule has 0 aromatic heterocycles. The summed E-state index contributed by atoms with van der Waals surface area (Å²) in [6, 6.07) is 13.1. The van der Waals surface area contributed by atoms with Crippen molar-refractivity contribution in [3.63, 3.8) is 0 Å². The van der Waals surface area contributed by atoms with Crippen LogP contribution in [0.2, 0.25) is 5.02 Å². The first kappa shape index (κ1) is 17.8. The quantitative estimate of drug-likeness (QED) is 0.855. The van der Waals surface area contributed by atoms with Gasteiger partial charge in [-0.25, -0.2) is 4.99 Å². The molecule has 140 valence electrons. The predicted octanol–water partition coefficient (Wildman–Crippen LogP) is 3.61. The second-order valence-corrected chi connectivity index (χ2v) is 7.26. The number of para-hydroxylation sites is 1. The zero-order valence-electron chi connectivity index (χ0n) is 14.9. The van der Waals surface area contributed by atoms with Crippen molar-refractivity contribution in [3.8, 4) is 11.5 Å². The number of ether oxygens (including phenoxy) is 1. The molecule has 0 radical (unpaired) electrons. The van der Waals surface area contributed by atoms with Crippen LogP contribution >= 0.6 is 11.6 Å². The molecule has 1 N–H and O–H groups in total. The molecule has 0 bridgehead atoms. The van der Waals surface area contributed by atoms with E-state index in [0.29, 0.717) is 23.0 Å². The number of fused-ring (bicyclic) bond motifs is 2. The van der Waals surface area contributed by atoms with Gasteiger partial charge in [-0.1, -0.05) is 23.7 Å². The number of nitrogens with zero attached hydrogens (tertiary/aromatic N) is 3. The Morgan fingerprint density at radius 3 is 2.89 bits per heavy atom. The number of halogens is 1. The third-order valence-electron chi connectivity index (χ3n) is 4.98. The maximum absolute atomic E-state index is 11.2. The number of carboxylic acids is 1. The molecule has 1 fully saturated rings. The summed E-state index contributed by atoms with van der Waals surface area (Å²) >= 11 is 6.16. The maximum atomic E-state index is 11.2. The SMILES string of the molecule is CN1CCN(C2=Nc3cc(Cl)ccc3Oc3ccccc32)CC1CC(=O)O. The molecule has 0 amide bonds. The van der Waals surface area contributed by atoms with Crippen LogP contribution in [-0.4, -0.2) is 59.4 Å². The van der Waals surface area contributed by atoms with E-state index in [1.807, 2.05) is 37.4 Å². The number of likely N-dealkylation sites (N-methyl/N-ethyl adjacent to an activating group) is 1. The third-order valence-corrected chi connectivity index (χ3v) is 5.22. The summed E-state index contributed by atoms with van der Waals surface area (Å²) < 4.78 is 6.09. The summed E-state index contributed by atoms with van der Waals surface area (Å²) in [6.45, 7) is 2.12. The van der Waals surface area contributed by atoms with Gasteiger partial charge < -0.3 is 14.7 Å². The van der Waals surface area contributed by atoms with Gasteiger partial charge in [0.2, 0.25) is 0 Å². The summed E-state index contributed by atoms with van der Waals surface area (Å²) in [7, 11) is 1.96. The lowest BCUT2D eigenvalue weighted by molar-refractivity contribution is -0.138. The van der Waals surface area contributed by atoms with E-state index < -0.39 is 5.97 Å². The highest BCUT2D eigenvalue weighted by Crippen LogP contribution is 2.39. The smallest absolute Gasteiger partial charge is 0.305 e. The Balaban J connectivity index is 1.76. The fourth-order valence-electron chi connectivity index (χ4n) is 3.50. The first-order valence-electron chi connectivity index (χ1n) is 8.84. The summed E-state index contributed by atoms with van der Waals surface area (Å²) in [6.07, 6.45) is 0.0981. The predicted molar refractivity (Wildman–Crippen MR) is 104 cm³/mol. The average molecular weight is 386 g/mol. The number of aliphatic imine (C=N–C) groups is 1. The fraction of sp³-hybridized carbons (Fsp3) is 0.300. The van der Waals surface area contributed by atoms with Crippen LogP contribution in [0.4, 0.5) is 5.69 Å². The number of carboxylic acid groups (broad SMARTS) is 1. The first-order valence-corrected chi connectivity index (χ1v) is 9.21. The number of amidine groups is 1. The second-order valence-electron chi connectivity index (χ2n) is 6.82. The Labute approximate surface area is 162 Å². The summed E-state index contributed by atoms with van der Waals surface area (Å²) in [5.74, 6) is 1.37. The topological polar surface area (TPSA) is 65.4 Å². The zero-order valence-corrected chi connectivity index (χ0v) is 15.7. The average Bonchev–Trinajstić information content (AvgIpc) is 2.80. The van der Waals surface area contributed by atoms with E-state index in [2.05, 4.69) is 9.80 Å². The lowest BCUT2D eigenvalue weighted by Crippen LogP contribution is -2.54. The minimum atomic E-state index is -0.794. The van der Waals surface area contributed by atoms with Crippen LogP contribution in [-0.2, 0) is 4.79 Å². The Bertz CT molecular complexity index is 915. The van der Waals surface area contributed by atoms with Gasteiger partial charge in [0, 0.05) is 30.7 Å². The van der Waals surface area contributed by atoms with E-state index in [1.165, 1.54) is 0 Å². The van der Waals surface area contributed by atoms with Crippen molar-refractivity contribution in [1.29, 1.82) is 0 Å². The third kappa shape index (κ3) is 3.63. The fourth-order valence-corrected chi connectivity index (χ4v) is 3.67. The van der Waals surface area contributed by atoms with Gasteiger partial charge in [-0.15, -0.1) is 0 Å².